The van der Waals surface area contributed by atoms with Gasteiger partial charge < -0.3 is 15.0 Å². The number of pyridine rings is 1. The van der Waals surface area contributed by atoms with Gasteiger partial charge in [0.1, 0.15) is 5.82 Å². The summed E-state index contributed by atoms with van der Waals surface area (Å²) in [6.45, 7) is 7.90. The van der Waals surface area contributed by atoms with Gasteiger partial charge >= 0.3 is 0 Å². The smallest absolute Gasteiger partial charge is 0.128 e. The van der Waals surface area contributed by atoms with Crippen molar-refractivity contribution < 1.29 is 4.74 Å². The van der Waals surface area contributed by atoms with Crippen LogP contribution >= 0.6 is 0 Å². The predicted molar refractivity (Wildman–Crippen MR) is 75.3 cm³/mol. The summed E-state index contributed by atoms with van der Waals surface area (Å²) < 4.78 is 5.38. The lowest BCUT2D eigenvalue weighted by atomic mass is 10.3. The molecule has 1 N–H and O–H groups in total. The van der Waals surface area contributed by atoms with Gasteiger partial charge in [0.15, 0.2) is 0 Å². The summed E-state index contributed by atoms with van der Waals surface area (Å²) in [5, 5.41) is 3.39. The quantitative estimate of drug-likeness (QED) is 0.840. The largest absolute Gasteiger partial charge is 0.380 e. The lowest BCUT2D eigenvalue weighted by molar-refractivity contribution is 0.141. The van der Waals surface area contributed by atoms with E-state index < -0.39 is 0 Å². The lowest BCUT2D eigenvalue weighted by Crippen LogP contribution is -2.22. The van der Waals surface area contributed by atoms with Gasteiger partial charge in [-0.1, -0.05) is 0 Å². The fraction of sp³-hybridized carbons (Fsp3) is 0.643. The summed E-state index contributed by atoms with van der Waals surface area (Å²) in [6.07, 6.45) is 4.48. The molecule has 0 amide bonds. The molecule has 0 spiro atoms. The van der Waals surface area contributed by atoms with Crippen LogP contribution < -0.4 is 10.2 Å². The highest BCUT2D eigenvalue weighted by molar-refractivity contribution is 5.49. The molecule has 0 saturated carbocycles. The van der Waals surface area contributed by atoms with E-state index in [9.17, 15) is 0 Å². The van der Waals surface area contributed by atoms with E-state index in [-0.39, 0.29) is 0 Å². The molecule has 18 heavy (non-hydrogen) atoms. The van der Waals surface area contributed by atoms with Crippen LogP contribution in [0.2, 0.25) is 0 Å². The van der Waals surface area contributed by atoms with Gasteiger partial charge in [-0.05, 0) is 38.8 Å². The molecule has 1 aliphatic rings. The fourth-order valence-electron chi connectivity index (χ4n) is 2.23. The minimum atomic E-state index is 0.310. The number of nitrogens with zero attached hydrogens (tertiary/aromatic N) is 2. The van der Waals surface area contributed by atoms with Crippen molar-refractivity contribution in [2.24, 2.45) is 0 Å². The molecule has 0 bridgehead atoms. The standard InChI is InChI=1S/C14H23N3O/c1-3-18-11-12(2)16-13-6-7-14(15-10-13)17-8-4-5-9-17/h6-7,10,12,16H,3-5,8-9,11H2,1-2H3. The molecule has 1 aromatic rings. The second-order valence-electron chi connectivity index (χ2n) is 4.80. The molecule has 1 aliphatic heterocycles. The molecule has 1 atom stereocenters. The van der Waals surface area contributed by atoms with E-state index in [2.05, 4.69) is 34.3 Å². The van der Waals surface area contributed by atoms with E-state index in [0.717, 1.165) is 37.8 Å². The van der Waals surface area contributed by atoms with Crippen LogP contribution in [-0.4, -0.2) is 37.3 Å². The zero-order valence-corrected chi connectivity index (χ0v) is 11.4. The zero-order chi connectivity index (χ0) is 12.8. The Kier molecular flexibility index (Phi) is 4.81. The van der Waals surface area contributed by atoms with Crippen molar-refractivity contribution in [3.05, 3.63) is 18.3 Å². The van der Waals surface area contributed by atoms with Crippen molar-refractivity contribution in [1.29, 1.82) is 0 Å². The van der Waals surface area contributed by atoms with Crippen molar-refractivity contribution in [2.75, 3.05) is 36.5 Å². The molecule has 100 valence electrons. The highest BCUT2D eigenvalue weighted by Gasteiger charge is 2.13. The van der Waals surface area contributed by atoms with Gasteiger partial charge in [-0.3, -0.25) is 0 Å². The summed E-state index contributed by atoms with van der Waals surface area (Å²) in [7, 11) is 0. The molecule has 0 aliphatic carbocycles. The Hall–Kier alpha value is -1.29. The van der Waals surface area contributed by atoms with Gasteiger partial charge in [0.25, 0.3) is 0 Å². The van der Waals surface area contributed by atoms with E-state index in [1.165, 1.54) is 12.8 Å². The number of aromatic nitrogens is 1. The number of hydrogen-bond acceptors (Lipinski definition) is 4. The Morgan fingerprint density at radius 1 is 1.39 bits per heavy atom. The number of nitrogens with one attached hydrogen (secondary N) is 1. The molecule has 1 saturated heterocycles. The molecule has 0 radical (unpaired) electrons. The fourth-order valence-corrected chi connectivity index (χ4v) is 2.23. The number of rotatable bonds is 6. The summed E-state index contributed by atoms with van der Waals surface area (Å²) in [6, 6.07) is 4.51. The van der Waals surface area contributed by atoms with Gasteiger partial charge in [0.2, 0.25) is 0 Å². The maximum Gasteiger partial charge on any atom is 0.128 e. The van der Waals surface area contributed by atoms with Crippen molar-refractivity contribution in [3.8, 4) is 0 Å². The van der Waals surface area contributed by atoms with E-state index in [4.69, 9.17) is 4.74 Å². The summed E-state index contributed by atoms with van der Waals surface area (Å²) in [4.78, 5) is 6.86. The van der Waals surface area contributed by atoms with E-state index >= 15 is 0 Å². The Morgan fingerprint density at radius 2 is 2.17 bits per heavy atom. The average molecular weight is 249 g/mol. The Morgan fingerprint density at radius 3 is 2.78 bits per heavy atom. The van der Waals surface area contributed by atoms with Gasteiger partial charge in [0.05, 0.1) is 18.5 Å². The van der Waals surface area contributed by atoms with Crippen LogP contribution in [0.1, 0.15) is 26.7 Å². The molecule has 4 nitrogen and oxygen atoms in total. The minimum absolute atomic E-state index is 0.310. The Bertz CT molecular complexity index is 347. The van der Waals surface area contributed by atoms with Crippen LogP contribution in [0, 0.1) is 0 Å². The Labute approximate surface area is 109 Å². The Balaban J connectivity index is 1.86. The first-order valence-electron chi connectivity index (χ1n) is 6.85. The third-order valence-corrected chi connectivity index (χ3v) is 3.16. The summed E-state index contributed by atoms with van der Waals surface area (Å²) in [5.41, 5.74) is 1.06. The second kappa shape index (κ2) is 6.59. The molecule has 2 rings (SSSR count). The average Bonchev–Trinajstić information content (AvgIpc) is 2.91. The van der Waals surface area contributed by atoms with Crippen molar-refractivity contribution >= 4 is 11.5 Å². The van der Waals surface area contributed by atoms with Crippen LogP contribution in [-0.2, 0) is 4.74 Å². The summed E-state index contributed by atoms with van der Waals surface area (Å²) in [5.74, 6) is 1.09. The monoisotopic (exact) mass is 249 g/mol. The zero-order valence-electron chi connectivity index (χ0n) is 11.4. The number of anilines is 2. The first-order valence-corrected chi connectivity index (χ1v) is 6.85. The van der Waals surface area contributed by atoms with Crippen LogP contribution in [0.4, 0.5) is 11.5 Å². The van der Waals surface area contributed by atoms with Crippen molar-refractivity contribution in [3.63, 3.8) is 0 Å². The second-order valence-corrected chi connectivity index (χ2v) is 4.80. The normalized spacial score (nSPS) is 16.9. The van der Waals surface area contributed by atoms with Gasteiger partial charge in [-0.25, -0.2) is 4.98 Å². The molecule has 1 unspecified atom stereocenters. The van der Waals surface area contributed by atoms with Gasteiger partial charge in [0, 0.05) is 25.7 Å². The van der Waals surface area contributed by atoms with Crippen molar-refractivity contribution in [2.45, 2.75) is 32.7 Å². The van der Waals surface area contributed by atoms with Gasteiger partial charge in [-0.2, -0.15) is 0 Å². The molecule has 0 aromatic carbocycles. The van der Waals surface area contributed by atoms with Crippen LogP contribution in [0.15, 0.2) is 18.3 Å². The van der Waals surface area contributed by atoms with Crippen molar-refractivity contribution in [1.82, 2.24) is 4.98 Å². The third-order valence-electron chi connectivity index (χ3n) is 3.16. The maximum absolute atomic E-state index is 5.38. The van der Waals surface area contributed by atoms with Crippen LogP contribution in [0.25, 0.3) is 0 Å². The van der Waals surface area contributed by atoms with Crippen LogP contribution in [0.5, 0.6) is 0 Å². The molecule has 2 heterocycles. The third kappa shape index (κ3) is 3.60. The predicted octanol–water partition coefficient (Wildman–Crippen LogP) is 2.52. The van der Waals surface area contributed by atoms with E-state index in [1.807, 2.05) is 13.1 Å². The molecular weight excluding hydrogens is 226 g/mol. The summed E-state index contributed by atoms with van der Waals surface area (Å²) >= 11 is 0. The lowest BCUT2D eigenvalue weighted by Gasteiger charge is -2.18. The molecule has 1 aromatic heterocycles. The highest BCUT2D eigenvalue weighted by atomic mass is 16.5. The van der Waals surface area contributed by atoms with Gasteiger partial charge in [-0.15, -0.1) is 0 Å². The van der Waals surface area contributed by atoms with E-state index in [0.29, 0.717) is 6.04 Å². The van der Waals surface area contributed by atoms with Crippen LogP contribution in [0.3, 0.4) is 0 Å². The first-order chi connectivity index (χ1) is 8.79. The number of hydrogen-bond donors (Lipinski definition) is 1. The molecular formula is C14H23N3O. The SMILES string of the molecule is CCOCC(C)Nc1ccc(N2CCCC2)nc1. The topological polar surface area (TPSA) is 37.4 Å². The highest BCUT2D eigenvalue weighted by Crippen LogP contribution is 2.19. The minimum Gasteiger partial charge on any atom is -0.380 e. The molecule has 1 fully saturated rings. The maximum atomic E-state index is 5.38. The van der Waals surface area contributed by atoms with E-state index in [1.54, 1.807) is 0 Å². The first kappa shape index (κ1) is 13.1. The molecule has 4 heteroatoms. The number of ether oxygens (including phenoxy) is 1.